The van der Waals surface area contributed by atoms with Crippen molar-refractivity contribution in [2.24, 2.45) is 5.41 Å². The van der Waals surface area contributed by atoms with E-state index in [1.54, 1.807) is 0 Å². The van der Waals surface area contributed by atoms with E-state index >= 15 is 0 Å². The Balaban J connectivity index is 1.45. The zero-order valence-corrected chi connectivity index (χ0v) is 17.6. The molecule has 0 saturated carbocycles. The van der Waals surface area contributed by atoms with Gasteiger partial charge in [0.25, 0.3) is 5.91 Å². The van der Waals surface area contributed by atoms with Crippen LogP contribution in [-0.2, 0) is 0 Å². The van der Waals surface area contributed by atoms with Crippen LogP contribution in [0, 0.1) is 5.41 Å². The summed E-state index contributed by atoms with van der Waals surface area (Å²) in [4.78, 5) is 18.5. The molecule has 0 bridgehead atoms. The van der Waals surface area contributed by atoms with E-state index in [4.69, 9.17) is 0 Å². The van der Waals surface area contributed by atoms with Crippen molar-refractivity contribution in [3.63, 3.8) is 0 Å². The number of H-pyrrole nitrogens is 1. The highest BCUT2D eigenvalue weighted by atomic mass is 16.2. The fraction of sp³-hybridized carbons (Fsp3) is 0.480. The molecule has 1 saturated heterocycles. The first-order valence-corrected chi connectivity index (χ1v) is 11.1. The Hall–Kier alpha value is -2.49. The third kappa shape index (κ3) is 3.50. The number of nitrogens with zero attached hydrogens (tertiary/aromatic N) is 1. The maximum absolute atomic E-state index is 12.9. The smallest absolute Gasteiger partial charge is 0.253 e. The standard InChI is InChI=1S/C25H31N3O/c1-25(2)10-8-19-20(9-11-26-23(19)16-25)22-15-18-14-17(6-7-21(18)27-22)24(29)28-12-4-3-5-13-28/h6-7,9,14-15,26-27H,3-5,8,10-13,16H2,1-2H3. The number of aromatic amines is 1. The number of nitrogens with one attached hydrogen (secondary N) is 2. The van der Waals surface area contributed by atoms with Gasteiger partial charge in [0, 0.05) is 53.1 Å². The van der Waals surface area contributed by atoms with Gasteiger partial charge < -0.3 is 15.2 Å². The van der Waals surface area contributed by atoms with E-state index < -0.39 is 0 Å². The number of amides is 1. The van der Waals surface area contributed by atoms with Crippen LogP contribution in [0.4, 0.5) is 0 Å². The van der Waals surface area contributed by atoms with Crippen LogP contribution in [0.25, 0.3) is 16.5 Å². The molecule has 1 aromatic carbocycles. The molecule has 4 heteroatoms. The summed E-state index contributed by atoms with van der Waals surface area (Å²) in [5, 5.41) is 4.74. The van der Waals surface area contributed by atoms with E-state index in [9.17, 15) is 4.79 Å². The van der Waals surface area contributed by atoms with Crippen molar-refractivity contribution in [2.75, 3.05) is 19.6 Å². The van der Waals surface area contributed by atoms with Crippen LogP contribution in [-0.4, -0.2) is 35.4 Å². The highest BCUT2D eigenvalue weighted by Crippen LogP contribution is 2.43. The molecular formula is C25H31N3O. The molecule has 29 heavy (non-hydrogen) atoms. The Bertz CT molecular complexity index is 1020. The lowest BCUT2D eigenvalue weighted by molar-refractivity contribution is 0.0724. The summed E-state index contributed by atoms with van der Waals surface area (Å²) in [6.07, 6.45) is 9.26. The Labute approximate surface area is 173 Å². The molecule has 0 radical (unpaired) electrons. The fourth-order valence-corrected chi connectivity index (χ4v) is 5.12. The van der Waals surface area contributed by atoms with Crippen LogP contribution in [0.2, 0.25) is 0 Å². The average Bonchev–Trinajstić information content (AvgIpc) is 3.15. The number of rotatable bonds is 2. The summed E-state index contributed by atoms with van der Waals surface area (Å²) < 4.78 is 0. The number of benzene rings is 1. The third-order valence-corrected chi connectivity index (χ3v) is 6.82. The Morgan fingerprint density at radius 2 is 1.93 bits per heavy atom. The second-order valence-electron chi connectivity index (χ2n) is 9.63. The number of allylic oxidation sites excluding steroid dienone is 3. The number of likely N-dealkylation sites (tertiary alicyclic amines) is 1. The number of hydrogen-bond donors (Lipinski definition) is 2. The van der Waals surface area contributed by atoms with Gasteiger partial charge >= 0.3 is 0 Å². The van der Waals surface area contributed by atoms with Crippen LogP contribution in [0.1, 0.15) is 68.4 Å². The maximum Gasteiger partial charge on any atom is 0.253 e. The Morgan fingerprint density at radius 3 is 2.76 bits per heavy atom. The molecule has 1 aromatic heterocycles. The molecule has 0 unspecified atom stereocenters. The number of piperidine rings is 1. The van der Waals surface area contributed by atoms with Gasteiger partial charge in [-0.25, -0.2) is 0 Å². The molecule has 0 atom stereocenters. The Morgan fingerprint density at radius 1 is 1.10 bits per heavy atom. The SMILES string of the molecule is CC1(C)CCC2=C(C1)NCC=C2c1cc2cc(C(=O)N3CCCCC3)ccc2[nH]1. The van der Waals surface area contributed by atoms with Crippen molar-refractivity contribution in [3.8, 4) is 0 Å². The molecule has 1 aliphatic carbocycles. The summed E-state index contributed by atoms with van der Waals surface area (Å²) in [5.41, 5.74) is 7.69. The van der Waals surface area contributed by atoms with E-state index in [0.29, 0.717) is 5.41 Å². The monoisotopic (exact) mass is 389 g/mol. The van der Waals surface area contributed by atoms with Gasteiger partial charge in [-0.15, -0.1) is 0 Å². The summed E-state index contributed by atoms with van der Waals surface area (Å²) in [5.74, 6) is 0.176. The maximum atomic E-state index is 12.9. The van der Waals surface area contributed by atoms with E-state index in [1.807, 2.05) is 11.0 Å². The molecule has 2 aliphatic heterocycles. The van der Waals surface area contributed by atoms with Crippen LogP contribution < -0.4 is 5.32 Å². The van der Waals surface area contributed by atoms with E-state index in [1.165, 1.54) is 35.4 Å². The first-order chi connectivity index (χ1) is 14.0. The minimum Gasteiger partial charge on any atom is -0.385 e. The highest BCUT2D eigenvalue weighted by molar-refractivity contribution is 5.99. The number of dihydropyridines is 1. The van der Waals surface area contributed by atoms with Gasteiger partial charge in [-0.05, 0) is 73.8 Å². The van der Waals surface area contributed by atoms with Gasteiger partial charge in [-0.2, -0.15) is 0 Å². The van der Waals surface area contributed by atoms with Gasteiger partial charge in [0.2, 0.25) is 0 Å². The summed E-state index contributed by atoms with van der Waals surface area (Å²) in [6, 6.07) is 8.33. The van der Waals surface area contributed by atoms with Gasteiger partial charge in [0.05, 0.1) is 0 Å². The molecule has 1 amide bonds. The number of aromatic nitrogens is 1. The van der Waals surface area contributed by atoms with E-state index in [2.05, 4.69) is 48.4 Å². The summed E-state index contributed by atoms with van der Waals surface area (Å²) in [6.45, 7) is 7.39. The van der Waals surface area contributed by atoms with Crippen molar-refractivity contribution < 1.29 is 4.79 Å². The Kier molecular flexibility index (Phi) is 4.53. The van der Waals surface area contributed by atoms with Gasteiger partial charge in [0.1, 0.15) is 0 Å². The van der Waals surface area contributed by atoms with E-state index in [-0.39, 0.29) is 5.91 Å². The molecule has 2 N–H and O–H groups in total. The first kappa shape index (κ1) is 18.5. The van der Waals surface area contributed by atoms with E-state index in [0.717, 1.165) is 61.8 Å². The average molecular weight is 390 g/mol. The molecule has 0 spiro atoms. The van der Waals surface area contributed by atoms with Gasteiger partial charge in [0.15, 0.2) is 0 Å². The topological polar surface area (TPSA) is 48.1 Å². The molecule has 2 aromatic rings. The summed E-state index contributed by atoms with van der Waals surface area (Å²) >= 11 is 0. The quantitative estimate of drug-likeness (QED) is 0.737. The number of carbonyl (C=O) groups is 1. The molecule has 3 heterocycles. The normalized spacial score (nSPS) is 21.6. The van der Waals surface area contributed by atoms with Crippen LogP contribution in [0.15, 0.2) is 41.6 Å². The zero-order chi connectivity index (χ0) is 20.0. The van der Waals surface area contributed by atoms with Gasteiger partial charge in [-0.3, -0.25) is 4.79 Å². The lowest BCUT2D eigenvalue weighted by Crippen LogP contribution is -2.35. The third-order valence-electron chi connectivity index (χ3n) is 6.82. The van der Waals surface area contributed by atoms with Crippen molar-refractivity contribution in [3.05, 3.63) is 52.9 Å². The van der Waals surface area contributed by atoms with Crippen LogP contribution in [0.3, 0.4) is 0 Å². The minimum absolute atomic E-state index is 0.176. The number of fused-ring (bicyclic) bond motifs is 1. The van der Waals surface area contributed by atoms with Crippen molar-refractivity contribution >= 4 is 22.4 Å². The van der Waals surface area contributed by atoms with Crippen molar-refractivity contribution in [2.45, 2.75) is 52.4 Å². The fourth-order valence-electron chi connectivity index (χ4n) is 5.12. The predicted octanol–water partition coefficient (Wildman–Crippen LogP) is 5.24. The second-order valence-corrected chi connectivity index (χ2v) is 9.63. The first-order valence-electron chi connectivity index (χ1n) is 11.1. The van der Waals surface area contributed by atoms with Gasteiger partial charge in [-0.1, -0.05) is 19.9 Å². The largest absolute Gasteiger partial charge is 0.385 e. The highest BCUT2D eigenvalue weighted by Gasteiger charge is 2.30. The van der Waals surface area contributed by atoms with Crippen LogP contribution >= 0.6 is 0 Å². The molecule has 5 rings (SSSR count). The van der Waals surface area contributed by atoms with Crippen LogP contribution in [0.5, 0.6) is 0 Å². The number of hydrogen-bond acceptors (Lipinski definition) is 2. The van der Waals surface area contributed by atoms with Crippen molar-refractivity contribution in [1.82, 2.24) is 15.2 Å². The lowest BCUT2D eigenvalue weighted by Gasteiger charge is -2.36. The number of carbonyl (C=O) groups excluding carboxylic acids is 1. The predicted molar refractivity (Wildman–Crippen MR) is 119 cm³/mol. The zero-order valence-electron chi connectivity index (χ0n) is 17.6. The summed E-state index contributed by atoms with van der Waals surface area (Å²) in [7, 11) is 0. The molecule has 152 valence electrons. The molecule has 1 fully saturated rings. The van der Waals surface area contributed by atoms with Crippen molar-refractivity contribution in [1.29, 1.82) is 0 Å². The minimum atomic E-state index is 0.176. The second kappa shape index (κ2) is 7.08. The molecule has 3 aliphatic rings. The molecule has 4 nitrogen and oxygen atoms in total. The lowest BCUT2D eigenvalue weighted by atomic mass is 9.74. The molecular weight excluding hydrogens is 358 g/mol.